The summed E-state index contributed by atoms with van der Waals surface area (Å²) in [6, 6.07) is 0. The van der Waals surface area contributed by atoms with Crippen LogP contribution in [0.5, 0.6) is 0 Å². The zero-order chi connectivity index (χ0) is 10.2. The number of nitrogens with one attached hydrogen (secondary N) is 1. The van der Waals surface area contributed by atoms with E-state index >= 15 is 0 Å². The van der Waals surface area contributed by atoms with Crippen LogP contribution in [0.4, 0.5) is 0 Å². The minimum atomic E-state index is 1.08. The van der Waals surface area contributed by atoms with Crippen molar-refractivity contribution in [1.29, 1.82) is 0 Å². The number of hydrogen-bond acceptors (Lipinski definition) is 3. The minimum Gasteiger partial charge on any atom is -0.319 e. The fourth-order valence-corrected chi connectivity index (χ4v) is 1.60. The molecule has 82 valence electrons. The topological polar surface area (TPSA) is 18.5 Å². The second-order valence-corrected chi connectivity index (χ2v) is 3.97. The molecular formula is C11H23N3. The van der Waals surface area contributed by atoms with Crippen LogP contribution in [0, 0.1) is 0 Å². The van der Waals surface area contributed by atoms with Crippen LogP contribution in [-0.2, 0) is 0 Å². The zero-order valence-electron chi connectivity index (χ0n) is 9.50. The normalized spacial score (nSPS) is 20.7. The van der Waals surface area contributed by atoms with Gasteiger partial charge in [-0.2, -0.15) is 0 Å². The Morgan fingerprint density at radius 1 is 1.14 bits per heavy atom. The maximum absolute atomic E-state index is 3.14. The van der Waals surface area contributed by atoms with Crippen LogP contribution in [0.3, 0.4) is 0 Å². The molecule has 0 saturated carbocycles. The first-order valence-corrected chi connectivity index (χ1v) is 5.53. The van der Waals surface area contributed by atoms with Gasteiger partial charge in [-0.25, -0.2) is 0 Å². The quantitative estimate of drug-likeness (QED) is 0.508. The van der Waals surface area contributed by atoms with Crippen molar-refractivity contribution in [2.24, 2.45) is 0 Å². The monoisotopic (exact) mass is 197 g/mol. The van der Waals surface area contributed by atoms with Crippen LogP contribution in [-0.4, -0.2) is 63.2 Å². The molecule has 0 radical (unpaired) electrons. The Bertz CT molecular complexity index is 160. The van der Waals surface area contributed by atoms with E-state index in [-0.39, 0.29) is 0 Å². The van der Waals surface area contributed by atoms with Crippen molar-refractivity contribution in [3.8, 4) is 0 Å². The summed E-state index contributed by atoms with van der Waals surface area (Å²) in [5, 5.41) is 3.14. The standard InChI is InChI=1S/C11H23N3/c1-12-6-4-3-5-7-14-10-8-13(2)9-11-14/h3,5,12H,4,6-11H2,1-2H3/b5-3-. The second-order valence-electron chi connectivity index (χ2n) is 3.97. The average molecular weight is 197 g/mol. The summed E-state index contributed by atoms with van der Waals surface area (Å²) in [4.78, 5) is 4.90. The van der Waals surface area contributed by atoms with Crippen LogP contribution in [0.25, 0.3) is 0 Å². The van der Waals surface area contributed by atoms with E-state index in [1.165, 1.54) is 26.2 Å². The Hall–Kier alpha value is -0.380. The maximum atomic E-state index is 3.14. The lowest BCUT2D eigenvalue weighted by Gasteiger charge is -2.31. The predicted octanol–water partition coefficient (Wildman–Crippen LogP) is 0.400. The molecule has 1 heterocycles. The lowest BCUT2D eigenvalue weighted by Crippen LogP contribution is -2.44. The molecule has 0 amide bonds. The molecule has 1 saturated heterocycles. The number of rotatable bonds is 5. The summed E-state index contributed by atoms with van der Waals surface area (Å²) in [5.41, 5.74) is 0. The van der Waals surface area contributed by atoms with Gasteiger partial charge in [0.15, 0.2) is 0 Å². The van der Waals surface area contributed by atoms with E-state index in [4.69, 9.17) is 0 Å². The summed E-state index contributed by atoms with van der Waals surface area (Å²) < 4.78 is 0. The smallest absolute Gasteiger partial charge is 0.0164 e. The summed E-state index contributed by atoms with van der Waals surface area (Å²) in [5.74, 6) is 0. The largest absolute Gasteiger partial charge is 0.319 e. The lowest BCUT2D eigenvalue weighted by atomic mass is 10.3. The Morgan fingerprint density at radius 3 is 2.50 bits per heavy atom. The van der Waals surface area contributed by atoms with Crippen molar-refractivity contribution in [3.05, 3.63) is 12.2 Å². The molecule has 0 spiro atoms. The third kappa shape index (κ3) is 4.74. The molecule has 1 N–H and O–H groups in total. The molecule has 0 atom stereocenters. The number of nitrogens with zero attached hydrogens (tertiary/aromatic N) is 2. The SMILES string of the molecule is CNCC/C=C\CN1CCN(C)CC1. The van der Waals surface area contributed by atoms with Crippen LogP contribution < -0.4 is 5.32 Å². The highest BCUT2D eigenvalue weighted by Crippen LogP contribution is 1.98. The van der Waals surface area contributed by atoms with Crippen LogP contribution in [0.1, 0.15) is 6.42 Å². The highest BCUT2D eigenvalue weighted by atomic mass is 15.2. The first kappa shape index (κ1) is 11.7. The molecule has 14 heavy (non-hydrogen) atoms. The summed E-state index contributed by atoms with van der Waals surface area (Å²) >= 11 is 0. The van der Waals surface area contributed by atoms with E-state index in [0.29, 0.717) is 0 Å². The van der Waals surface area contributed by atoms with Gasteiger partial charge >= 0.3 is 0 Å². The van der Waals surface area contributed by atoms with E-state index in [1.807, 2.05) is 7.05 Å². The third-order valence-electron chi connectivity index (χ3n) is 2.69. The van der Waals surface area contributed by atoms with E-state index < -0.39 is 0 Å². The lowest BCUT2D eigenvalue weighted by molar-refractivity contribution is 0.166. The van der Waals surface area contributed by atoms with E-state index in [2.05, 4.69) is 34.3 Å². The average Bonchev–Trinajstić information content (AvgIpc) is 2.21. The van der Waals surface area contributed by atoms with Gasteiger partial charge in [-0.15, -0.1) is 0 Å². The molecule has 3 heteroatoms. The Balaban J connectivity index is 2.03. The predicted molar refractivity (Wildman–Crippen MR) is 61.6 cm³/mol. The molecule has 1 aliphatic rings. The van der Waals surface area contributed by atoms with Crippen LogP contribution in [0.2, 0.25) is 0 Å². The highest BCUT2D eigenvalue weighted by molar-refractivity contribution is 4.86. The van der Waals surface area contributed by atoms with E-state index in [0.717, 1.165) is 19.5 Å². The van der Waals surface area contributed by atoms with Crippen molar-refractivity contribution in [3.63, 3.8) is 0 Å². The number of hydrogen-bond donors (Lipinski definition) is 1. The number of piperazine rings is 1. The molecular weight excluding hydrogens is 174 g/mol. The molecule has 1 rings (SSSR count). The van der Waals surface area contributed by atoms with Gasteiger partial charge in [0.2, 0.25) is 0 Å². The minimum absolute atomic E-state index is 1.08. The van der Waals surface area contributed by atoms with Crippen molar-refractivity contribution in [2.45, 2.75) is 6.42 Å². The molecule has 0 aromatic heterocycles. The van der Waals surface area contributed by atoms with Gasteiger partial charge in [-0.05, 0) is 27.1 Å². The van der Waals surface area contributed by atoms with Gasteiger partial charge in [0.05, 0.1) is 0 Å². The van der Waals surface area contributed by atoms with Gasteiger partial charge in [-0.1, -0.05) is 12.2 Å². The van der Waals surface area contributed by atoms with Gasteiger partial charge in [0.25, 0.3) is 0 Å². The molecule has 0 bridgehead atoms. The second kappa shape index (κ2) is 6.98. The zero-order valence-corrected chi connectivity index (χ0v) is 9.50. The van der Waals surface area contributed by atoms with Crippen molar-refractivity contribution in [2.75, 3.05) is 53.4 Å². The fraction of sp³-hybridized carbons (Fsp3) is 0.818. The first-order valence-electron chi connectivity index (χ1n) is 5.53. The summed E-state index contributed by atoms with van der Waals surface area (Å²) in [6.45, 7) is 7.06. The molecule has 0 aliphatic carbocycles. The molecule has 0 aromatic rings. The summed E-state index contributed by atoms with van der Waals surface area (Å²) in [7, 11) is 4.19. The summed E-state index contributed by atoms with van der Waals surface area (Å²) in [6.07, 6.45) is 5.71. The maximum Gasteiger partial charge on any atom is 0.0164 e. The van der Waals surface area contributed by atoms with Crippen molar-refractivity contribution < 1.29 is 0 Å². The first-order chi connectivity index (χ1) is 6.83. The van der Waals surface area contributed by atoms with Gasteiger partial charge in [0.1, 0.15) is 0 Å². The van der Waals surface area contributed by atoms with Crippen molar-refractivity contribution >= 4 is 0 Å². The van der Waals surface area contributed by atoms with Crippen LogP contribution >= 0.6 is 0 Å². The van der Waals surface area contributed by atoms with Gasteiger partial charge in [-0.3, -0.25) is 4.90 Å². The Labute approximate surface area is 87.8 Å². The van der Waals surface area contributed by atoms with Crippen molar-refractivity contribution in [1.82, 2.24) is 15.1 Å². The fourth-order valence-electron chi connectivity index (χ4n) is 1.60. The van der Waals surface area contributed by atoms with E-state index in [1.54, 1.807) is 0 Å². The van der Waals surface area contributed by atoms with E-state index in [9.17, 15) is 0 Å². The third-order valence-corrected chi connectivity index (χ3v) is 2.69. The van der Waals surface area contributed by atoms with Crippen LogP contribution in [0.15, 0.2) is 12.2 Å². The molecule has 1 fully saturated rings. The Kier molecular flexibility index (Phi) is 5.83. The molecule has 3 nitrogen and oxygen atoms in total. The highest BCUT2D eigenvalue weighted by Gasteiger charge is 2.11. The molecule has 1 aliphatic heterocycles. The Morgan fingerprint density at radius 2 is 1.86 bits per heavy atom. The molecule has 0 aromatic carbocycles. The molecule has 0 unspecified atom stereocenters. The number of likely N-dealkylation sites (N-methyl/N-ethyl adjacent to an activating group) is 1. The van der Waals surface area contributed by atoms with Gasteiger partial charge < -0.3 is 10.2 Å². The van der Waals surface area contributed by atoms with Gasteiger partial charge in [0, 0.05) is 32.7 Å².